The summed E-state index contributed by atoms with van der Waals surface area (Å²) in [6, 6.07) is 14.6. The maximum atomic E-state index is 12.4. The van der Waals surface area contributed by atoms with Gasteiger partial charge >= 0.3 is 17.8 Å². The number of nitrogens with one attached hydrogen (secondary N) is 1. The first kappa shape index (κ1) is 21.6. The minimum atomic E-state index is -1.23. The van der Waals surface area contributed by atoms with Crippen LogP contribution in [-0.4, -0.2) is 38.8 Å². The molecule has 2 aromatic carbocycles. The Bertz CT molecular complexity index is 1380. The summed E-state index contributed by atoms with van der Waals surface area (Å²) in [5, 5.41) is 23.5. The molecule has 2 aromatic heterocycles. The highest BCUT2D eigenvalue weighted by Gasteiger charge is 2.16. The predicted molar refractivity (Wildman–Crippen MR) is 120 cm³/mol. The monoisotopic (exact) mass is 445 g/mol. The fraction of sp³-hybridized carbons (Fsp3) is 0.0833. The maximum Gasteiger partial charge on any atom is 0.335 e. The van der Waals surface area contributed by atoms with Gasteiger partial charge in [-0.2, -0.15) is 5.10 Å². The summed E-state index contributed by atoms with van der Waals surface area (Å²) in [4.78, 5) is 35.2. The van der Waals surface area contributed by atoms with Gasteiger partial charge in [-0.05, 0) is 50.2 Å². The van der Waals surface area contributed by atoms with Crippen LogP contribution >= 0.6 is 0 Å². The summed E-state index contributed by atoms with van der Waals surface area (Å²) < 4.78 is 7.24. The Balaban J connectivity index is 1.60. The first-order valence-corrected chi connectivity index (χ1v) is 9.87. The Morgan fingerprint density at radius 3 is 2.27 bits per heavy atom. The van der Waals surface area contributed by atoms with Crippen LogP contribution in [0.3, 0.4) is 0 Å². The summed E-state index contributed by atoms with van der Waals surface area (Å²) in [6.45, 7) is 3.58. The molecule has 4 aromatic rings. The SMILES string of the molecule is Cc1cc(/C=N/NC(=O)c2cc3ccccc3o2)c(C)n1-c1cc(C(=O)O)cc(C(=O)O)c1. The molecule has 0 bridgehead atoms. The smallest absolute Gasteiger partial charge is 0.335 e. The van der Waals surface area contributed by atoms with E-state index >= 15 is 0 Å². The number of aromatic carboxylic acids is 2. The summed E-state index contributed by atoms with van der Waals surface area (Å²) >= 11 is 0. The van der Waals surface area contributed by atoms with Crippen molar-refractivity contribution in [1.29, 1.82) is 0 Å². The molecule has 0 aliphatic rings. The predicted octanol–water partition coefficient (Wildman–Crippen LogP) is 4.00. The number of aromatic nitrogens is 1. The minimum absolute atomic E-state index is 0.130. The zero-order valence-corrected chi connectivity index (χ0v) is 17.7. The number of fused-ring (bicyclic) bond motifs is 1. The molecule has 33 heavy (non-hydrogen) atoms. The van der Waals surface area contributed by atoms with Gasteiger partial charge in [0.2, 0.25) is 0 Å². The molecule has 0 saturated heterocycles. The molecule has 0 aliphatic heterocycles. The van der Waals surface area contributed by atoms with Crippen molar-refractivity contribution in [2.75, 3.05) is 0 Å². The number of para-hydroxylation sites is 1. The second-order valence-electron chi connectivity index (χ2n) is 7.39. The van der Waals surface area contributed by atoms with Crippen LogP contribution in [0.15, 0.2) is 64.1 Å². The average molecular weight is 445 g/mol. The molecule has 0 spiro atoms. The van der Waals surface area contributed by atoms with Gasteiger partial charge in [-0.3, -0.25) is 4.79 Å². The fourth-order valence-electron chi connectivity index (χ4n) is 3.61. The summed E-state index contributed by atoms with van der Waals surface area (Å²) in [7, 11) is 0. The minimum Gasteiger partial charge on any atom is -0.478 e. The molecule has 0 aliphatic carbocycles. The van der Waals surface area contributed by atoms with Crippen LogP contribution in [0, 0.1) is 13.8 Å². The number of hydrazone groups is 1. The highest BCUT2D eigenvalue weighted by molar-refractivity contribution is 5.97. The first-order valence-electron chi connectivity index (χ1n) is 9.87. The van der Waals surface area contributed by atoms with Crippen molar-refractivity contribution in [2.24, 2.45) is 5.10 Å². The Kier molecular flexibility index (Phi) is 5.53. The number of carbonyl (C=O) groups is 3. The topological polar surface area (TPSA) is 134 Å². The second-order valence-corrected chi connectivity index (χ2v) is 7.39. The molecule has 0 unspecified atom stereocenters. The van der Waals surface area contributed by atoms with E-state index < -0.39 is 17.8 Å². The Morgan fingerprint density at radius 2 is 1.64 bits per heavy atom. The van der Waals surface area contributed by atoms with Crippen molar-refractivity contribution in [3.63, 3.8) is 0 Å². The summed E-state index contributed by atoms with van der Waals surface area (Å²) in [5.74, 6) is -2.82. The molecule has 0 atom stereocenters. The van der Waals surface area contributed by atoms with Crippen molar-refractivity contribution in [3.05, 3.63) is 88.4 Å². The molecule has 9 nitrogen and oxygen atoms in total. The molecule has 2 heterocycles. The summed E-state index contributed by atoms with van der Waals surface area (Å²) in [6.07, 6.45) is 1.46. The van der Waals surface area contributed by atoms with Gasteiger partial charge in [0.1, 0.15) is 5.58 Å². The van der Waals surface area contributed by atoms with E-state index in [0.717, 1.165) is 17.1 Å². The lowest BCUT2D eigenvalue weighted by Gasteiger charge is -2.12. The number of nitrogens with zero attached hydrogens (tertiary/aromatic N) is 2. The number of rotatable bonds is 6. The maximum absolute atomic E-state index is 12.4. The molecule has 166 valence electrons. The molecular weight excluding hydrogens is 426 g/mol. The molecule has 0 fully saturated rings. The van der Waals surface area contributed by atoms with Crippen molar-refractivity contribution >= 4 is 35.0 Å². The molecule has 0 radical (unpaired) electrons. The number of hydrogen-bond donors (Lipinski definition) is 3. The average Bonchev–Trinajstić information content (AvgIpc) is 3.34. The largest absolute Gasteiger partial charge is 0.478 e. The van der Waals surface area contributed by atoms with Crippen LogP contribution in [0.5, 0.6) is 0 Å². The van der Waals surface area contributed by atoms with Crippen LogP contribution in [0.1, 0.15) is 48.2 Å². The lowest BCUT2D eigenvalue weighted by Crippen LogP contribution is -2.16. The van der Waals surface area contributed by atoms with Crippen molar-refractivity contribution in [3.8, 4) is 5.69 Å². The van der Waals surface area contributed by atoms with E-state index in [1.165, 1.54) is 18.3 Å². The third kappa shape index (κ3) is 4.24. The molecule has 1 amide bonds. The van der Waals surface area contributed by atoms with Crippen LogP contribution in [0.4, 0.5) is 0 Å². The van der Waals surface area contributed by atoms with Gasteiger partial charge in [-0.15, -0.1) is 0 Å². The van der Waals surface area contributed by atoms with Gasteiger partial charge in [-0.1, -0.05) is 18.2 Å². The number of carboxylic acids is 2. The van der Waals surface area contributed by atoms with E-state index in [4.69, 9.17) is 4.42 Å². The second kappa shape index (κ2) is 8.46. The van der Waals surface area contributed by atoms with Crippen molar-refractivity contribution in [1.82, 2.24) is 9.99 Å². The van der Waals surface area contributed by atoms with Gasteiger partial charge in [0.25, 0.3) is 0 Å². The third-order valence-electron chi connectivity index (χ3n) is 5.16. The number of hydrogen-bond acceptors (Lipinski definition) is 5. The lowest BCUT2D eigenvalue weighted by atomic mass is 10.1. The van der Waals surface area contributed by atoms with Crippen LogP contribution in [-0.2, 0) is 0 Å². The Hall–Kier alpha value is -4.66. The van der Waals surface area contributed by atoms with E-state index in [9.17, 15) is 24.6 Å². The Labute approximate surface area is 187 Å². The number of carboxylic acid groups (broad SMARTS) is 2. The number of carbonyl (C=O) groups excluding carboxylic acids is 1. The van der Waals surface area contributed by atoms with Gasteiger partial charge in [0.15, 0.2) is 5.76 Å². The van der Waals surface area contributed by atoms with Gasteiger partial charge in [0.05, 0.1) is 17.3 Å². The van der Waals surface area contributed by atoms with Crippen LogP contribution in [0.2, 0.25) is 0 Å². The highest BCUT2D eigenvalue weighted by Crippen LogP contribution is 2.23. The molecule has 3 N–H and O–H groups in total. The van der Waals surface area contributed by atoms with Gasteiger partial charge in [-0.25, -0.2) is 15.0 Å². The normalized spacial score (nSPS) is 11.2. The third-order valence-corrected chi connectivity index (χ3v) is 5.16. The fourth-order valence-corrected chi connectivity index (χ4v) is 3.61. The van der Waals surface area contributed by atoms with E-state index in [1.807, 2.05) is 18.2 Å². The van der Waals surface area contributed by atoms with Gasteiger partial charge < -0.3 is 19.2 Å². The quantitative estimate of drug-likeness (QED) is 0.303. The number of furan rings is 1. The Morgan fingerprint density at radius 1 is 0.970 bits per heavy atom. The zero-order chi connectivity index (χ0) is 23.7. The number of aryl methyl sites for hydroxylation is 1. The van der Waals surface area contributed by atoms with E-state index in [0.29, 0.717) is 22.5 Å². The highest BCUT2D eigenvalue weighted by atomic mass is 16.4. The van der Waals surface area contributed by atoms with Crippen molar-refractivity contribution < 1.29 is 29.0 Å². The number of amides is 1. The van der Waals surface area contributed by atoms with E-state index in [1.54, 1.807) is 36.6 Å². The molecule has 4 rings (SSSR count). The van der Waals surface area contributed by atoms with E-state index in [2.05, 4.69) is 10.5 Å². The van der Waals surface area contributed by atoms with Crippen LogP contribution < -0.4 is 5.43 Å². The standard InChI is InChI=1S/C24H19N3O6/c1-13-7-18(12-25-26-22(28)21-11-15-5-3-4-6-20(15)33-21)14(2)27(13)19-9-16(23(29)30)8-17(10-19)24(31)32/h3-12H,1-2H3,(H,26,28)(H,29,30)(H,31,32)/b25-12+. The summed E-state index contributed by atoms with van der Waals surface area (Å²) in [5.41, 5.74) is 5.23. The molecule has 9 heteroatoms. The van der Waals surface area contributed by atoms with Crippen LogP contribution in [0.25, 0.3) is 16.7 Å². The first-order chi connectivity index (χ1) is 15.7. The number of benzene rings is 2. The lowest BCUT2D eigenvalue weighted by molar-refractivity contribution is 0.0696. The molecular formula is C24H19N3O6. The van der Waals surface area contributed by atoms with Crippen molar-refractivity contribution in [2.45, 2.75) is 13.8 Å². The van der Waals surface area contributed by atoms with Gasteiger partial charge in [0, 0.05) is 28.0 Å². The van der Waals surface area contributed by atoms with E-state index in [-0.39, 0.29) is 16.9 Å². The zero-order valence-electron chi connectivity index (χ0n) is 17.7. The molecule has 0 saturated carbocycles.